The lowest BCUT2D eigenvalue weighted by atomic mass is 10.2. The number of hydrogen-bond donors (Lipinski definition) is 3. The molecular weight excluding hydrogens is 246 g/mol. The normalized spacial score (nSPS) is 15.4. The van der Waals surface area contributed by atoms with Gasteiger partial charge in [0.25, 0.3) is 0 Å². The van der Waals surface area contributed by atoms with Gasteiger partial charge in [-0.1, -0.05) is 6.07 Å². The minimum Gasteiger partial charge on any atom is -0.378 e. The number of nitrogen functional groups attached to an aromatic ring is 1. The highest BCUT2D eigenvalue weighted by Crippen LogP contribution is 2.31. The van der Waals surface area contributed by atoms with Crippen LogP contribution in [0, 0.1) is 10.1 Å². The third-order valence-corrected chi connectivity index (χ3v) is 3.32. The Bertz CT molecular complexity index is 446. The molecule has 7 heteroatoms. The minimum atomic E-state index is -0.423. The van der Waals surface area contributed by atoms with E-state index in [1.165, 1.54) is 12.8 Å². The molecule has 1 aliphatic rings. The van der Waals surface area contributed by atoms with Crippen molar-refractivity contribution in [3.63, 3.8) is 0 Å². The van der Waals surface area contributed by atoms with Crippen molar-refractivity contribution in [1.82, 2.24) is 4.90 Å². The molecule has 0 radical (unpaired) electrons. The second-order valence-electron chi connectivity index (χ2n) is 4.58. The number of hydrazine groups is 1. The van der Waals surface area contributed by atoms with Gasteiger partial charge in [-0.25, -0.2) is 0 Å². The van der Waals surface area contributed by atoms with Crippen LogP contribution in [0.25, 0.3) is 0 Å². The van der Waals surface area contributed by atoms with Crippen LogP contribution >= 0.6 is 0 Å². The molecule has 1 fully saturated rings. The van der Waals surface area contributed by atoms with Gasteiger partial charge in [-0.05, 0) is 38.1 Å². The zero-order valence-corrected chi connectivity index (χ0v) is 10.8. The summed E-state index contributed by atoms with van der Waals surface area (Å²) in [6.07, 6.45) is 2.49. The van der Waals surface area contributed by atoms with E-state index in [1.807, 2.05) is 0 Å². The van der Waals surface area contributed by atoms with Crippen molar-refractivity contribution in [2.24, 2.45) is 5.84 Å². The molecule has 2 rings (SSSR count). The Balaban J connectivity index is 2.00. The van der Waals surface area contributed by atoms with Gasteiger partial charge < -0.3 is 15.6 Å². The predicted octanol–water partition coefficient (Wildman–Crippen LogP) is 1.39. The van der Waals surface area contributed by atoms with Gasteiger partial charge >= 0.3 is 5.69 Å². The smallest absolute Gasteiger partial charge is 0.316 e. The molecule has 19 heavy (non-hydrogen) atoms. The Morgan fingerprint density at radius 1 is 1.32 bits per heavy atom. The quantitative estimate of drug-likeness (QED) is 0.408. The molecule has 7 nitrogen and oxygen atoms in total. The highest BCUT2D eigenvalue weighted by Gasteiger charge is 2.19. The SMILES string of the molecule is NNc1cccc(NCCN2CCCC2)c1[N+](=O)[O-]. The van der Waals surface area contributed by atoms with Crippen LogP contribution in [0.2, 0.25) is 0 Å². The third kappa shape index (κ3) is 3.33. The van der Waals surface area contributed by atoms with Crippen LogP contribution in [0.1, 0.15) is 12.8 Å². The van der Waals surface area contributed by atoms with Gasteiger partial charge in [-0.2, -0.15) is 0 Å². The van der Waals surface area contributed by atoms with Gasteiger partial charge in [0.1, 0.15) is 11.4 Å². The van der Waals surface area contributed by atoms with Gasteiger partial charge in [-0.3, -0.25) is 16.0 Å². The lowest BCUT2D eigenvalue weighted by molar-refractivity contribution is -0.383. The molecule has 1 saturated heterocycles. The number of anilines is 2. The molecule has 0 atom stereocenters. The van der Waals surface area contributed by atoms with Gasteiger partial charge in [0.2, 0.25) is 0 Å². The number of likely N-dealkylation sites (tertiary alicyclic amines) is 1. The molecule has 104 valence electrons. The van der Waals surface area contributed by atoms with Crippen LogP contribution in [-0.4, -0.2) is 36.0 Å². The maximum Gasteiger partial charge on any atom is 0.316 e. The number of rotatable bonds is 6. The molecule has 0 amide bonds. The molecule has 0 aromatic heterocycles. The van der Waals surface area contributed by atoms with Gasteiger partial charge in [0.15, 0.2) is 0 Å². The zero-order chi connectivity index (χ0) is 13.7. The number of nitro benzene ring substituents is 1. The fraction of sp³-hybridized carbons (Fsp3) is 0.500. The number of nitrogens with zero attached hydrogens (tertiary/aromatic N) is 2. The molecule has 0 spiro atoms. The Labute approximate surface area is 111 Å². The first kappa shape index (κ1) is 13.6. The van der Waals surface area contributed by atoms with Crippen molar-refractivity contribution in [2.75, 3.05) is 36.9 Å². The van der Waals surface area contributed by atoms with E-state index in [0.717, 1.165) is 19.6 Å². The highest BCUT2D eigenvalue weighted by atomic mass is 16.6. The van der Waals surface area contributed by atoms with Gasteiger partial charge in [-0.15, -0.1) is 0 Å². The van der Waals surface area contributed by atoms with E-state index in [9.17, 15) is 10.1 Å². The fourth-order valence-corrected chi connectivity index (χ4v) is 2.35. The maximum absolute atomic E-state index is 11.1. The van der Waals surface area contributed by atoms with Crippen LogP contribution < -0.4 is 16.6 Å². The third-order valence-electron chi connectivity index (χ3n) is 3.32. The summed E-state index contributed by atoms with van der Waals surface area (Å²) in [6.45, 7) is 3.83. The van der Waals surface area contributed by atoms with E-state index >= 15 is 0 Å². The van der Waals surface area contributed by atoms with Crippen molar-refractivity contribution < 1.29 is 4.92 Å². The van der Waals surface area contributed by atoms with Crippen molar-refractivity contribution in [2.45, 2.75) is 12.8 Å². The van der Waals surface area contributed by atoms with Crippen LogP contribution in [0.5, 0.6) is 0 Å². The molecular formula is C12H19N5O2. The number of hydrogen-bond acceptors (Lipinski definition) is 6. The summed E-state index contributed by atoms with van der Waals surface area (Å²) in [5.74, 6) is 5.30. The second kappa shape index (κ2) is 6.35. The number of nitro groups is 1. The zero-order valence-electron chi connectivity index (χ0n) is 10.8. The average Bonchev–Trinajstić information content (AvgIpc) is 2.91. The summed E-state index contributed by atoms with van der Waals surface area (Å²) >= 11 is 0. The first-order valence-electron chi connectivity index (χ1n) is 6.42. The molecule has 0 bridgehead atoms. The lowest BCUT2D eigenvalue weighted by Crippen LogP contribution is -2.26. The molecule has 0 aliphatic carbocycles. The standard InChI is InChI=1S/C12H19N5O2/c13-15-11-5-3-4-10(12(11)17(18)19)14-6-9-16-7-1-2-8-16/h3-5,14-15H,1-2,6-9,13H2. The number of benzene rings is 1. The fourth-order valence-electron chi connectivity index (χ4n) is 2.35. The predicted molar refractivity (Wildman–Crippen MR) is 75.1 cm³/mol. The summed E-state index contributed by atoms with van der Waals surface area (Å²) in [5, 5.41) is 14.2. The summed E-state index contributed by atoms with van der Waals surface area (Å²) in [6, 6.07) is 5.02. The van der Waals surface area contributed by atoms with Crippen LogP contribution in [0.15, 0.2) is 18.2 Å². The van der Waals surface area contributed by atoms with Crippen LogP contribution in [0.3, 0.4) is 0 Å². The van der Waals surface area contributed by atoms with E-state index in [2.05, 4.69) is 15.6 Å². The number of nitrogens with one attached hydrogen (secondary N) is 2. The van der Waals surface area contributed by atoms with Gasteiger partial charge in [0, 0.05) is 13.1 Å². The van der Waals surface area contributed by atoms with E-state index < -0.39 is 4.92 Å². The van der Waals surface area contributed by atoms with E-state index in [-0.39, 0.29) is 5.69 Å². The largest absolute Gasteiger partial charge is 0.378 e. The monoisotopic (exact) mass is 265 g/mol. The average molecular weight is 265 g/mol. The number of nitrogens with two attached hydrogens (primary N) is 1. The summed E-state index contributed by atoms with van der Waals surface area (Å²) in [5.41, 5.74) is 3.16. The first-order chi connectivity index (χ1) is 9.22. The molecule has 1 aliphatic heterocycles. The molecule has 4 N–H and O–H groups in total. The van der Waals surface area contributed by atoms with E-state index in [4.69, 9.17) is 5.84 Å². The first-order valence-corrected chi connectivity index (χ1v) is 6.42. The molecule has 0 saturated carbocycles. The Hall–Kier alpha value is -1.86. The molecule has 1 heterocycles. The highest BCUT2D eigenvalue weighted by molar-refractivity contribution is 5.75. The molecule has 1 aromatic carbocycles. The summed E-state index contributed by atoms with van der Waals surface area (Å²) in [7, 11) is 0. The van der Waals surface area contributed by atoms with Crippen molar-refractivity contribution in [3.8, 4) is 0 Å². The molecule has 0 unspecified atom stereocenters. The van der Waals surface area contributed by atoms with Crippen LogP contribution in [-0.2, 0) is 0 Å². The minimum absolute atomic E-state index is 0.00794. The maximum atomic E-state index is 11.1. The van der Waals surface area contributed by atoms with E-state index in [1.54, 1.807) is 18.2 Å². The van der Waals surface area contributed by atoms with Crippen LogP contribution in [0.4, 0.5) is 17.1 Å². The van der Waals surface area contributed by atoms with E-state index in [0.29, 0.717) is 17.9 Å². The second-order valence-corrected chi connectivity index (χ2v) is 4.58. The Morgan fingerprint density at radius 3 is 2.63 bits per heavy atom. The van der Waals surface area contributed by atoms with Gasteiger partial charge in [0.05, 0.1) is 4.92 Å². The Kier molecular flexibility index (Phi) is 4.53. The van der Waals surface area contributed by atoms with Crippen molar-refractivity contribution >= 4 is 17.1 Å². The van der Waals surface area contributed by atoms with Crippen molar-refractivity contribution in [3.05, 3.63) is 28.3 Å². The van der Waals surface area contributed by atoms with Crippen molar-refractivity contribution in [1.29, 1.82) is 0 Å². The lowest BCUT2D eigenvalue weighted by Gasteiger charge is -2.15. The number of para-hydroxylation sites is 1. The Morgan fingerprint density at radius 2 is 2.00 bits per heavy atom. The topological polar surface area (TPSA) is 96.5 Å². The summed E-state index contributed by atoms with van der Waals surface area (Å²) in [4.78, 5) is 13.0. The summed E-state index contributed by atoms with van der Waals surface area (Å²) < 4.78 is 0. The molecule has 1 aromatic rings.